The van der Waals surface area contributed by atoms with E-state index in [1.807, 2.05) is 32.9 Å². The SMILES string of the molecule is CC.CCOc1cc(Br)c2ncc(C(=O)OC)cc2c1. The molecule has 0 atom stereocenters. The highest BCUT2D eigenvalue weighted by molar-refractivity contribution is 9.10. The van der Waals surface area contributed by atoms with Gasteiger partial charge in [-0.05, 0) is 41.1 Å². The molecule has 1 aromatic heterocycles. The molecule has 4 nitrogen and oxygen atoms in total. The molecule has 0 fully saturated rings. The first-order valence-electron chi connectivity index (χ1n) is 6.46. The average Bonchev–Trinajstić information content (AvgIpc) is 2.48. The summed E-state index contributed by atoms with van der Waals surface area (Å²) in [6.45, 7) is 6.50. The summed E-state index contributed by atoms with van der Waals surface area (Å²) in [5.74, 6) is 0.336. The molecule has 108 valence electrons. The Bertz CT molecular complexity index is 599. The van der Waals surface area contributed by atoms with Crippen LogP contribution >= 0.6 is 15.9 Å². The minimum absolute atomic E-state index is 0.401. The summed E-state index contributed by atoms with van der Waals surface area (Å²) in [5.41, 5.74) is 1.21. The van der Waals surface area contributed by atoms with Gasteiger partial charge in [0.1, 0.15) is 5.75 Å². The Labute approximate surface area is 127 Å². The summed E-state index contributed by atoms with van der Waals surface area (Å²) in [4.78, 5) is 15.7. The van der Waals surface area contributed by atoms with Crippen LogP contribution in [0.2, 0.25) is 0 Å². The van der Waals surface area contributed by atoms with Gasteiger partial charge in [-0.15, -0.1) is 0 Å². The van der Waals surface area contributed by atoms with Gasteiger partial charge in [0.2, 0.25) is 0 Å². The molecule has 20 heavy (non-hydrogen) atoms. The highest BCUT2D eigenvalue weighted by atomic mass is 79.9. The maximum Gasteiger partial charge on any atom is 0.339 e. The molecule has 0 amide bonds. The largest absolute Gasteiger partial charge is 0.494 e. The van der Waals surface area contributed by atoms with Crippen LogP contribution in [0.15, 0.2) is 28.9 Å². The fraction of sp³-hybridized carbons (Fsp3) is 0.333. The van der Waals surface area contributed by atoms with Crippen LogP contribution in [-0.4, -0.2) is 24.7 Å². The molecule has 2 aromatic rings. The molecule has 1 heterocycles. The smallest absolute Gasteiger partial charge is 0.339 e. The standard InChI is InChI=1S/C13H12BrNO3.C2H6/c1-3-18-10-5-8-4-9(13(16)17-2)7-15-12(8)11(14)6-10;1-2/h4-7H,3H2,1-2H3;1-2H3. The van der Waals surface area contributed by atoms with Crippen LogP contribution < -0.4 is 4.74 Å². The Morgan fingerprint density at radius 3 is 2.60 bits per heavy atom. The number of aromatic nitrogens is 1. The van der Waals surface area contributed by atoms with E-state index in [-0.39, 0.29) is 0 Å². The number of fused-ring (bicyclic) bond motifs is 1. The van der Waals surface area contributed by atoms with Gasteiger partial charge in [-0.3, -0.25) is 4.98 Å². The molecular formula is C15H18BrNO3. The second kappa shape index (κ2) is 7.85. The third-order valence-electron chi connectivity index (χ3n) is 2.44. The van der Waals surface area contributed by atoms with Gasteiger partial charge >= 0.3 is 5.97 Å². The number of benzene rings is 1. The number of rotatable bonds is 3. The lowest BCUT2D eigenvalue weighted by Crippen LogP contribution is -2.02. The summed E-state index contributed by atoms with van der Waals surface area (Å²) in [6.07, 6.45) is 1.50. The second-order valence-electron chi connectivity index (χ2n) is 3.63. The van der Waals surface area contributed by atoms with Gasteiger partial charge < -0.3 is 9.47 Å². The van der Waals surface area contributed by atoms with E-state index in [0.717, 1.165) is 21.1 Å². The fourth-order valence-electron chi connectivity index (χ4n) is 1.66. The van der Waals surface area contributed by atoms with Crippen molar-refractivity contribution in [2.75, 3.05) is 13.7 Å². The number of methoxy groups -OCH3 is 1. The van der Waals surface area contributed by atoms with Crippen LogP contribution in [0.1, 0.15) is 31.1 Å². The van der Waals surface area contributed by atoms with Crippen LogP contribution in [0.25, 0.3) is 10.9 Å². The molecule has 0 aliphatic rings. The van der Waals surface area contributed by atoms with Crippen LogP contribution in [0.4, 0.5) is 0 Å². The van der Waals surface area contributed by atoms with Crippen molar-refractivity contribution in [3.63, 3.8) is 0 Å². The van der Waals surface area contributed by atoms with Gasteiger partial charge in [0.25, 0.3) is 0 Å². The summed E-state index contributed by atoms with van der Waals surface area (Å²) in [5, 5.41) is 0.829. The Kier molecular flexibility index (Phi) is 6.45. The maximum absolute atomic E-state index is 11.4. The van der Waals surface area contributed by atoms with Crippen molar-refractivity contribution in [3.05, 3.63) is 34.4 Å². The predicted molar refractivity (Wildman–Crippen MR) is 83.3 cm³/mol. The minimum Gasteiger partial charge on any atom is -0.494 e. The van der Waals surface area contributed by atoms with Crippen molar-refractivity contribution in [1.82, 2.24) is 4.98 Å². The van der Waals surface area contributed by atoms with E-state index >= 15 is 0 Å². The number of nitrogens with zero attached hydrogens (tertiary/aromatic N) is 1. The van der Waals surface area contributed by atoms with E-state index in [2.05, 4.69) is 25.7 Å². The van der Waals surface area contributed by atoms with Gasteiger partial charge in [0.15, 0.2) is 0 Å². The molecule has 0 unspecified atom stereocenters. The number of esters is 1. The summed E-state index contributed by atoms with van der Waals surface area (Å²) in [6, 6.07) is 5.45. The van der Waals surface area contributed by atoms with E-state index in [4.69, 9.17) is 4.74 Å². The molecule has 0 spiro atoms. The Hall–Kier alpha value is -1.62. The monoisotopic (exact) mass is 339 g/mol. The number of ether oxygens (including phenoxy) is 2. The van der Waals surface area contributed by atoms with Crippen molar-refractivity contribution >= 4 is 32.8 Å². The van der Waals surface area contributed by atoms with Gasteiger partial charge in [0, 0.05) is 16.1 Å². The molecule has 2 rings (SSSR count). The molecular weight excluding hydrogens is 322 g/mol. The summed E-state index contributed by atoms with van der Waals surface area (Å²) in [7, 11) is 1.35. The quantitative estimate of drug-likeness (QED) is 0.786. The fourth-order valence-corrected chi connectivity index (χ4v) is 2.22. The van der Waals surface area contributed by atoms with Crippen molar-refractivity contribution in [2.45, 2.75) is 20.8 Å². The average molecular weight is 340 g/mol. The molecule has 0 bridgehead atoms. The van der Waals surface area contributed by atoms with Gasteiger partial charge in [-0.25, -0.2) is 4.79 Å². The van der Waals surface area contributed by atoms with E-state index in [1.54, 1.807) is 6.07 Å². The first-order valence-corrected chi connectivity index (χ1v) is 7.25. The number of hydrogen-bond acceptors (Lipinski definition) is 4. The summed E-state index contributed by atoms with van der Waals surface area (Å²) < 4.78 is 11.0. The molecule has 5 heteroatoms. The Morgan fingerprint density at radius 2 is 2.00 bits per heavy atom. The number of pyridine rings is 1. The van der Waals surface area contributed by atoms with E-state index in [9.17, 15) is 4.79 Å². The number of carbonyl (C=O) groups excluding carboxylic acids is 1. The van der Waals surface area contributed by atoms with Crippen molar-refractivity contribution in [2.24, 2.45) is 0 Å². The number of carbonyl (C=O) groups is 1. The van der Waals surface area contributed by atoms with E-state index in [0.29, 0.717) is 12.2 Å². The number of hydrogen-bond donors (Lipinski definition) is 0. The molecule has 0 aliphatic heterocycles. The molecule has 1 aromatic carbocycles. The van der Waals surface area contributed by atoms with Crippen LogP contribution in [-0.2, 0) is 4.74 Å². The molecule has 0 aliphatic carbocycles. The Balaban J connectivity index is 0.000000956. The predicted octanol–water partition coefficient (Wildman–Crippen LogP) is 4.21. The van der Waals surface area contributed by atoms with Crippen molar-refractivity contribution in [1.29, 1.82) is 0 Å². The minimum atomic E-state index is -0.401. The zero-order chi connectivity index (χ0) is 15.1. The first-order chi connectivity index (χ1) is 9.65. The number of halogens is 1. The summed E-state index contributed by atoms with van der Waals surface area (Å²) >= 11 is 3.44. The van der Waals surface area contributed by atoms with Crippen molar-refractivity contribution in [3.8, 4) is 5.75 Å². The van der Waals surface area contributed by atoms with E-state index < -0.39 is 5.97 Å². The van der Waals surface area contributed by atoms with Crippen LogP contribution in [0, 0.1) is 0 Å². The van der Waals surface area contributed by atoms with Gasteiger partial charge in [-0.1, -0.05) is 13.8 Å². The molecule has 0 radical (unpaired) electrons. The van der Waals surface area contributed by atoms with Crippen molar-refractivity contribution < 1.29 is 14.3 Å². The molecule has 0 N–H and O–H groups in total. The first kappa shape index (κ1) is 16.4. The molecule has 0 saturated heterocycles. The third-order valence-corrected chi connectivity index (χ3v) is 3.05. The highest BCUT2D eigenvalue weighted by Crippen LogP contribution is 2.28. The van der Waals surface area contributed by atoms with E-state index in [1.165, 1.54) is 13.3 Å². The zero-order valence-corrected chi connectivity index (χ0v) is 13.7. The Morgan fingerprint density at radius 1 is 1.30 bits per heavy atom. The maximum atomic E-state index is 11.4. The van der Waals surface area contributed by atoms with Crippen LogP contribution in [0.5, 0.6) is 5.75 Å². The lowest BCUT2D eigenvalue weighted by molar-refractivity contribution is 0.0600. The third kappa shape index (κ3) is 3.70. The van der Waals surface area contributed by atoms with Gasteiger partial charge in [0.05, 0.1) is 24.8 Å². The zero-order valence-electron chi connectivity index (χ0n) is 12.1. The highest BCUT2D eigenvalue weighted by Gasteiger charge is 2.10. The lowest BCUT2D eigenvalue weighted by Gasteiger charge is -2.07. The topological polar surface area (TPSA) is 48.4 Å². The normalized spacial score (nSPS) is 9.65. The lowest BCUT2D eigenvalue weighted by atomic mass is 10.1. The van der Waals surface area contributed by atoms with Gasteiger partial charge in [-0.2, -0.15) is 0 Å². The van der Waals surface area contributed by atoms with Crippen LogP contribution in [0.3, 0.4) is 0 Å². The second-order valence-corrected chi connectivity index (χ2v) is 4.48. The molecule has 0 saturated carbocycles.